The van der Waals surface area contributed by atoms with Crippen molar-refractivity contribution in [3.8, 4) is 17.2 Å². The maximum atomic E-state index is 9.64. The van der Waals surface area contributed by atoms with Gasteiger partial charge in [-0.25, -0.2) is 0 Å². The van der Waals surface area contributed by atoms with E-state index in [2.05, 4.69) is 0 Å². The Bertz CT molecular complexity index is 471. The first-order chi connectivity index (χ1) is 9.01. The second-order valence-corrected chi connectivity index (χ2v) is 5.59. The molecule has 19 heavy (non-hydrogen) atoms. The maximum Gasteiger partial charge on any atom is 0.168 e. The van der Waals surface area contributed by atoms with Crippen molar-refractivity contribution in [2.45, 2.75) is 25.7 Å². The van der Waals surface area contributed by atoms with Crippen LogP contribution in [0.1, 0.15) is 25.8 Å². The highest BCUT2D eigenvalue weighted by Gasteiger charge is 2.33. The van der Waals surface area contributed by atoms with Gasteiger partial charge in [0.1, 0.15) is 5.75 Å². The summed E-state index contributed by atoms with van der Waals surface area (Å²) in [4.78, 5) is 0. The normalized spacial score (nSPS) is 15.0. The molecule has 0 radical (unpaired) electrons. The number of methoxy groups -OCH3 is 1. The van der Waals surface area contributed by atoms with Gasteiger partial charge in [0.15, 0.2) is 11.5 Å². The standard InChI is InChI=1S/C14H19ClO4/c1-14(2,8-16)11-12(17-3)9(15)7-10-13(11)19-6-4-5-18-10/h7,16H,4-6,8H2,1-3H3. The Morgan fingerprint density at radius 1 is 1.37 bits per heavy atom. The predicted molar refractivity (Wildman–Crippen MR) is 73.7 cm³/mol. The molecule has 0 fully saturated rings. The summed E-state index contributed by atoms with van der Waals surface area (Å²) in [6, 6.07) is 1.71. The SMILES string of the molecule is COc1c(Cl)cc2c(c1C(C)(C)CO)OCCCO2. The van der Waals surface area contributed by atoms with Crippen molar-refractivity contribution in [1.82, 2.24) is 0 Å². The molecule has 2 rings (SSSR count). The Morgan fingerprint density at radius 2 is 2.05 bits per heavy atom. The molecular formula is C14H19ClO4. The zero-order valence-electron chi connectivity index (χ0n) is 11.5. The highest BCUT2D eigenvalue weighted by molar-refractivity contribution is 6.32. The zero-order chi connectivity index (χ0) is 14.0. The number of rotatable bonds is 3. The van der Waals surface area contributed by atoms with Crippen molar-refractivity contribution in [1.29, 1.82) is 0 Å². The third-order valence-corrected chi connectivity index (χ3v) is 3.50. The van der Waals surface area contributed by atoms with Gasteiger partial charge in [0.2, 0.25) is 0 Å². The van der Waals surface area contributed by atoms with Gasteiger partial charge in [-0.2, -0.15) is 0 Å². The number of hydrogen-bond donors (Lipinski definition) is 1. The largest absolute Gasteiger partial charge is 0.495 e. The monoisotopic (exact) mass is 286 g/mol. The minimum atomic E-state index is -0.534. The van der Waals surface area contributed by atoms with Crippen LogP contribution in [0.4, 0.5) is 0 Å². The van der Waals surface area contributed by atoms with Crippen LogP contribution in [0.25, 0.3) is 0 Å². The Balaban J connectivity index is 2.69. The molecule has 1 aromatic rings. The van der Waals surface area contributed by atoms with Crippen LogP contribution in [0, 0.1) is 0 Å². The molecule has 1 N–H and O–H groups in total. The van der Waals surface area contributed by atoms with Gasteiger partial charge in [-0.05, 0) is 0 Å². The minimum absolute atomic E-state index is 0.0422. The molecule has 5 heteroatoms. The molecule has 0 atom stereocenters. The number of hydrogen-bond acceptors (Lipinski definition) is 4. The van der Waals surface area contributed by atoms with Crippen LogP contribution >= 0.6 is 11.6 Å². The van der Waals surface area contributed by atoms with Crippen molar-refractivity contribution in [2.75, 3.05) is 26.9 Å². The van der Waals surface area contributed by atoms with Gasteiger partial charge in [-0.15, -0.1) is 0 Å². The lowest BCUT2D eigenvalue weighted by Crippen LogP contribution is -2.24. The van der Waals surface area contributed by atoms with Gasteiger partial charge in [-0.1, -0.05) is 25.4 Å². The van der Waals surface area contributed by atoms with E-state index in [1.807, 2.05) is 13.8 Å². The van der Waals surface area contributed by atoms with E-state index in [1.54, 1.807) is 13.2 Å². The Kier molecular flexibility index (Phi) is 4.11. The van der Waals surface area contributed by atoms with Crippen LogP contribution in [0.2, 0.25) is 5.02 Å². The van der Waals surface area contributed by atoms with Crippen molar-refractivity contribution in [3.63, 3.8) is 0 Å². The topological polar surface area (TPSA) is 47.9 Å². The van der Waals surface area contributed by atoms with E-state index >= 15 is 0 Å². The molecule has 0 spiro atoms. The second-order valence-electron chi connectivity index (χ2n) is 5.19. The maximum absolute atomic E-state index is 9.64. The fraction of sp³-hybridized carbons (Fsp3) is 0.571. The molecule has 0 saturated heterocycles. The van der Waals surface area contributed by atoms with Gasteiger partial charge in [0.05, 0.1) is 32.0 Å². The molecule has 1 aromatic carbocycles. The van der Waals surface area contributed by atoms with Crippen molar-refractivity contribution in [3.05, 3.63) is 16.7 Å². The molecule has 0 bridgehead atoms. The van der Waals surface area contributed by atoms with E-state index in [1.165, 1.54) is 0 Å². The van der Waals surface area contributed by atoms with Crippen LogP contribution in [0.5, 0.6) is 17.2 Å². The van der Waals surface area contributed by atoms with E-state index in [4.69, 9.17) is 25.8 Å². The average Bonchev–Trinajstić information content (AvgIpc) is 2.61. The zero-order valence-corrected chi connectivity index (χ0v) is 12.2. The van der Waals surface area contributed by atoms with E-state index in [-0.39, 0.29) is 6.61 Å². The fourth-order valence-corrected chi connectivity index (χ4v) is 2.42. The third-order valence-electron chi connectivity index (χ3n) is 3.22. The second kappa shape index (κ2) is 5.47. The molecular weight excluding hydrogens is 268 g/mol. The molecule has 0 aliphatic carbocycles. The molecule has 0 saturated carbocycles. The number of ether oxygens (including phenoxy) is 3. The average molecular weight is 287 g/mol. The number of benzene rings is 1. The highest BCUT2D eigenvalue weighted by Crippen LogP contribution is 2.49. The Morgan fingerprint density at radius 3 is 2.68 bits per heavy atom. The molecule has 1 heterocycles. The summed E-state index contributed by atoms with van der Waals surface area (Å²) in [5.41, 5.74) is 0.218. The van der Waals surface area contributed by atoms with E-state index < -0.39 is 5.41 Å². The molecule has 1 aliphatic heterocycles. The number of aliphatic hydroxyl groups excluding tert-OH is 1. The van der Waals surface area contributed by atoms with Crippen LogP contribution in [-0.2, 0) is 5.41 Å². The summed E-state index contributed by atoms with van der Waals surface area (Å²) in [5, 5.41) is 10.1. The molecule has 106 valence electrons. The summed E-state index contributed by atoms with van der Waals surface area (Å²) in [6.07, 6.45) is 0.813. The van der Waals surface area contributed by atoms with E-state index in [0.29, 0.717) is 35.5 Å². The summed E-state index contributed by atoms with van der Waals surface area (Å²) < 4.78 is 16.8. The summed E-state index contributed by atoms with van der Waals surface area (Å²) >= 11 is 6.24. The molecule has 0 aromatic heterocycles. The van der Waals surface area contributed by atoms with Crippen LogP contribution in [0.15, 0.2) is 6.07 Å². The van der Waals surface area contributed by atoms with Gasteiger partial charge >= 0.3 is 0 Å². The molecule has 0 unspecified atom stereocenters. The van der Waals surface area contributed by atoms with E-state index in [9.17, 15) is 5.11 Å². The molecule has 0 amide bonds. The van der Waals surface area contributed by atoms with Gasteiger partial charge in [0, 0.05) is 23.5 Å². The van der Waals surface area contributed by atoms with E-state index in [0.717, 1.165) is 12.0 Å². The number of fused-ring (bicyclic) bond motifs is 1. The van der Waals surface area contributed by atoms with Gasteiger partial charge in [0.25, 0.3) is 0 Å². The van der Waals surface area contributed by atoms with Crippen molar-refractivity contribution < 1.29 is 19.3 Å². The molecule has 4 nitrogen and oxygen atoms in total. The number of aliphatic hydroxyl groups is 1. The minimum Gasteiger partial charge on any atom is -0.495 e. The lowest BCUT2D eigenvalue weighted by atomic mass is 9.84. The first kappa shape index (κ1) is 14.3. The summed E-state index contributed by atoms with van der Waals surface area (Å²) in [6.45, 7) is 4.95. The first-order valence-corrected chi connectivity index (χ1v) is 6.66. The van der Waals surface area contributed by atoms with Crippen LogP contribution < -0.4 is 14.2 Å². The van der Waals surface area contributed by atoms with Crippen molar-refractivity contribution >= 4 is 11.6 Å². The van der Waals surface area contributed by atoms with Crippen LogP contribution in [0.3, 0.4) is 0 Å². The van der Waals surface area contributed by atoms with Crippen LogP contribution in [-0.4, -0.2) is 32.0 Å². The quantitative estimate of drug-likeness (QED) is 0.928. The smallest absolute Gasteiger partial charge is 0.168 e. The number of halogens is 1. The fourth-order valence-electron chi connectivity index (χ4n) is 2.15. The molecule has 1 aliphatic rings. The van der Waals surface area contributed by atoms with Crippen molar-refractivity contribution in [2.24, 2.45) is 0 Å². The predicted octanol–water partition coefficient (Wildman–Crippen LogP) is 2.78. The van der Waals surface area contributed by atoms with Gasteiger partial charge in [-0.3, -0.25) is 0 Å². The lowest BCUT2D eigenvalue weighted by Gasteiger charge is -2.28. The summed E-state index contributed by atoms with van der Waals surface area (Å²) in [5.74, 6) is 1.77. The summed E-state index contributed by atoms with van der Waals surface area (Å²) in [7, 11) is 1.56. The first-order valence-electron chi connectivity index (χ1n) is 6.28. The highest BCUT2D eigenvalue weighted by atomic mass is 35.5. The Labute approximate surface area is 118 Å². The Hall–Kier alpha value is -1.13. The van der Waals surface area contributed by atoms with Gasteiger partial charge < -0.3 is 19.3 Å². The third kappa shape index (κ3) is 2.60. The lowest BCUT2D eigenvalue weighted by molar-refractivity contribution is 0.208.